The Bertz CT molecular complexity index is 1150. The molecule has 0 radical (unpaired) electrons. The van der Waals surface area contributed by atoms with E-state index in [9.17, 15) is 9.59 Å². The van der Waals surface area contributed by atoms with Crippen LogP contribution in [-0.2, 0) is 26.2 Å². The molecule has 0 saturated carbocycles. The Kier molecular flexibility index (Phi) is 5.17. The number of carbonyl (C=O) groups is 2. The molecule has 0 aliphatic carbocycles. The van der Waals surface area contributed by atoms with E-state index < -0.39 is 5.97 Å². The first-order valence-electron chi connectivity index (χ1n) is 10.1. The quantitative estimate of drug-likeness (QED) is 0.456. The van der Waals surface area contributed by atoms with Crippen molar-refractivity contribution >= 4 is 28.2 Å². The van der Waals surface area contributed by atoms with E-state index in [-0.39, 0.29) is 24.2 Å². The third-order valence-corrected chi connectivity index (χ3v) is 5.83. The smallest absolute Gasteiger partial charge is 0.310 e. The lowest BCUT2D eigenvalue weighted by molar-refractivity contribution is -0.146. The molecule has 0 bridgehead atoms. The van der Waals surface area contributed by atoms with Gasteiger partial charge in [0.25, 0.3) is 0 Å². The average molecular weight is 399 g/mol. The average Bonchev–Trinajstić information content (AvgIpc) is 2.93. The summed E-state index contributed by atoms with van der Waals surface area (Å²) >= 11 is 0. The van der Waals surface area contributed by atoms with Gasteiger partial charge >= 0.3 is 5.97 Å². The molecule has 0 unspecified atom stereocenters. The first-order chi connectivity index (χ1) is 14.4. The van der Waals surface area contributed by atoms with Crippen LogP contribution in [0.3, 0.4) is 0 Å². The van der Waals surface area contributed by atoms with Crippen LogP contribution in [-0.4, -0.2) is 25.4 Å². The van der Waals surface area contributed by atoms with Crippen molar-refractivity contribution < 1.29 is 14.3 Å². The van der Waals surface area contributed by atoms with E-state index in [1.165, 1.54) is 5.56 Å². The van der Waals surface area contributed by atoms with Crippen molar-refractivity contribution in [2.45, 2.75) is 25.7 Å². The fourth-order valence-electron chi connectivity index (χ4n) is 4.26. The second kappa shape index (κ2) is 7.79. The molecule has 4 heteroatoms. The minimum absolute atomic E-state index is 0.141. The van der Waals surface area contributed by atoms with Crippen molar-refractivity contribution in [3.63, 3.8) is 0 Å². The topological polar surface area (TPSA) is 46.6 Å². The van der Waals surface area contributed by atoms with Crippen LogP contribution in [0, 0.1) is 0 Å². The molecule has 3 aromatic carbocycles. The third kappa shape index (κ3) is 3.61. The largest absolute Gasteiger partial charge is 0.457 e. The number of anilines is 1. The number of hydrogen-bond acceptors (Lipinski definition) is 4. The van der Waals surface area contributed by atoms with Crippen LogP contribution in [0.1, 0.15) is 25.0 Å². The highest BCUT2D eigenvalue weighted by molar-refractivity contribution is 5.95. The Balaban J connectivity index is 1.43. The van der Waals surface area contributed by atoms with Crippen LogP contribution in [0.15, 0.2) is 78.5 Å². The molecular weight excluding hydrogens is 374 g/mol. The van der Waals surface area contributed by atoms with Crippen molar-refractivity contribution in [2.75, 3.05) is 18.6 Å². The fraction of sp³-hybridized carbons (Fsp3) is 0.231. The number of benzene rings is 3. The highest BCUT2D eigenvalue weighted by atomic mass is 16.5. The number of likely N-dealkylation sites (N-methyl/N-ethyl adjacent to an activating group) is 1. The van der Waals surface area contributed by atoms with Crippen LogP contribution in [0.25, 0.3) is 10.8 Å². The van der Waals surface area contributed by atoms with Gasteiger partial charge in [-0.25, -0.2) is 0 Å². The second-order valence-corrected chi connectivity index (χ2v) is 8.17. The van der Waals surface area contributed by atoms with Crippen molar-refractivity contribution in [1.82, 2.24) is 0 Å². The van der Waals surface area contributed by atoms with Crippen LogP contribution in [0.4, 0.5) is 5.69 Å². The van der Waals surface area contributed by atoms with Gasteiger partial charge in [-0.3, -0.25) is 9.59 Å². The molecule has 3 aromatic rings. The number of ether oxygens (including phenoxy) is 1. The molecule has 1 aliphatic heterocycles. The van der Waals surface area contributed by atoms with Gasteiger partial charge in [-0.15, -0.1) is 0 Å². The number of hydrogen-bond donors (Lipinski definition) is 0. The summed E-state index contributed by atoms with van der Waals surface area (Å²) < 4.78 is 5.30. The van der Waals surface area contributed by atoms with Gasteiger partial charge in [0.15, 0.2) is 12.4 Å². The van der Waals surface area contributed by atoms with E-state index in [0.717, 1.165) is 27.7 Å². The maximum Gasteiger partial charge on any atom is 0.310 e. The van der Waals surface area contributed by atoms with Crippen LogP contribution < -0.4 is 4.90 Å². The molecule has 0 fully saturated rings. The van der Waals surface area contributed by atoms with Gasteiger partial charge in [-0.1, -0.05) is 74.5 Å². The van der Waals surface area contributed by atoms with Gasteiger partial charge in [-0.2, -0.15) is 0 Å². The highest BCUT2D eigenvalue weighted by Gasteiger charge is 2.38. The summed E-state index contributed by atoms with van der Waals surface area (Å²) in [6.07, 6.45) is 1.74. The van der Waals surface area contributed by atoms with E-state index in [2.05, 4.69) is 19.9 Å². The molecular formula is C26H25NO3. The minimum Gasteiger partial charge on any atom is -0.457 e. The van der Waals surface area contributed by atoms with E-state index in [1.54, 1.807) is 6.08 Å². The number of nitrogens with zero attached hydrogens (tertiary/aromatic N) is 1. The van der Waals surface area contributed by atoms with Gasteiger partial charge < -0.3 is 9.64 Å². The molecule has 1 aliphatic rings. The summed E-state index contributed by atoms with van der Waals surface area (Å²) in [5.74, 6) is -0.621. The number of para-hydroxylation sites is 1. The van der Waals surface area contributed by atoms with Gasteiger partial charge in [-0.05, 0) is 28.0 Å². The summed E-state index contributed by atoms with van der Waals surface area (Å²) in [6, 6.07) is 21.9. The first-order valence-corrected chi connectivity index (χ1v) is 10.1. The van der Waals surface area contributed by atoms with Gasteiger partial charge in [0.1, 0.15) is 0 Å². The summed E-state index contributed by atoms with van der Waals surface area (Å²) in [6.45, 7) is 3.94. The number of rotatable bonds is 5. The zero-order valence-corrected chi connectivity index (χ0v) is 17.5. The van der Waals surface area contributed by atoms with Crippen LogP contribution >= 0.6 is 0 Å². The Labute approximate surface area is 176 Å². The van der Waals surface area contributed by atoms with E-state index in [4.69, 9.17) is 4.74 Å². The Hall–Kier alpha value is -3.40. The fourth-order valence-corrected chi connectivity index (χ4v) is 4.26. The van der Waals surface area contributed by atoms with Gasteiger partial charge in [0.2, 0.25) is 0 Å². The van der Waals surface area contributed by atoms with Gasteiger partial charge in [0, 0.05) is 29.9 Å². The lowest BCUT2D eigenvalue weighted by atomic mass is 9.83. The van der Waals surface area contributed by atoms with Gasteiger partial charge in [0.05, 0.1) is 6.42 Å². The second-order valence-electron chi connectivity index (χ2n) is 8.17. The maximum absolute atomic E-state index is 12.6. The lowest BCUT2D eigenvalue weighted by Gasteiger charge is -2.23. The standard InChI is InChI=1S/C26H25NO3/c1-26(2)22-13-6-7-14-23(22)27(3)24(26)16-20(28)17-30-25(29)15-19-11-8-10-18-9-4-5-12-21(18)19/h4-14,16H,15,17H2,1-3H3/b24-16+. The molecule has 1 heterocycles. The summed E-state index contributed by atoms with van der Waals surface area (Å²) in [7, 11) is 1.96. The number of carbonyl (C=O) groups excluding carboxylic acids is 2. The number of allylic oxidation sites excluding steroid dienone is 1. The maximum atomic E-state index is 12.6. The lowest BCUT2D eigenvalue weighted by Crippen LogP contribution is -2.25. The molecule has 4 rings (SSSR count). The van der Waals surface area contributed by atoms with E-state index in [1.807, 2.05) is 72.6 Å². The summed E-state index contributed by atoms with van der Waals surface area (Å²) in [5, 5.41) is 2.10. The predicted molar refractivity (Wildman–Crippen MR) is 120 cm³/mol. The Morgan fingerprint density at radius 1 is 0.967 bits per heavy atom. The van der Waals surface area contributed by atoms with Crippen molar-refractivity contribution in [3.8, 4) is 0 Å². The van der Waals surface area contributed by atoms with E-state index in [0.29, 0.717) is 0 Å². The van der Waals surface area contributed by atoms with Crippen molar-refractivity contribution in [1.29, 1.82) is 0 Å². The zero-order chi connectivity index (χ0) is 21.3. The molecule has 152 valence electrons. The zero-order valence-electron chi connectivity index (χ0n) is 17.5. The minimum atomic E-state index is -0.402. The van der Waals surface area contributed by atoms with E-state index >= 15 is 0 Å². The number of ketones is 1. The summed E-state index contributed by atoms with van der Waals surface area (Å²) in [5.41, 5.74) is 3.79. The molecule has 0 spiro atoms. The number of fused-ring (bicyclic) bond motifs is 2. The molecule has 0 atom stereocenters. The Morgan fingerprint density at radius 3 is 2.47 bits per heavy atom. The molecule has 0 saturated heterocycles. The summed E-state index contributed by atoms with van der Waals surface area (Å²) in [4.78, 5) is 27.0. The van der Waals surface area contributed by atoms with Crippen molar-refractivity contribution in [2.24, 2.45) is 0 Å². The molecule has 0 N–H and O–H groups in total. The SMILES string of the molecule is CN1/C(=C/C(=O)COC(=O)Cc2cccc3ccccc23)C(C)(C)c2ccccc21. The number of esters is 1. The molecule has 0 aromatic heterocycles. The Morgan fingerprint density at radius 2 is 1.67 bits per heavy atom. The molecule has 0 amide bonds. The molecule has 30 heavy (non-hydrogen) atoms. The highest BCUT2D eigenvalue weighted by Crippen LogP contribution is 2.46. The monoisotopic (exact) mass is 399 g/mol. The normalized spacial score (nSPS) is 16.0. The van der Waals surface area contributed by atoms with Crippen LogP contribution in [0.2, 0.25) is 0 Å². The first kappa shape index (κ1) is 19.9. The van der Waals surface area contributed by atoms with Crippen LogP contribution in [0.5, 0.6) is 0 Å². The third-order valence-electron chi connectivity index (χ3n) is 5.83. The predicted octanol–water partition coefficient (Wildman–Crippen LogP) is 4.81. The van der Waals surface area contributed by atoms with Crippen molar-refractivity contribution in [3.05, 3.63) is 89.6 Å². The molecule has 4 nitrogen and oxygen atoms in total.